The van der Waals surface area contributed by atoms with E-state index < -0.39 is 0 Å². The van der Waals surface area contributed by atoms with Crippen LogP contribution in [0.2, 0.25) is 0 Å². The lowest BCUT2D eigenvalue weighted by molar-refractivity contribution is -0.168. The second-order valence-electron chi connectivity index (χ2n) is 5.24. The summed E-state index contributed by atoms with van der Waals surface area (Å²) >= 11 is 0. The van der Waals surface area contributed by atoms with Gasteiger partial charge in [-0.1, -0.05) is 0 Å². The highest BCUT2D eigenvalue weighted by molar-refractivity contribution is 5.03. The van der Waals surface area contributed by atoms with Gasteiger partial charge in [0, 0.05) is 13.0 Å². The van der Waals surface area contributed by atoms with Gasteiger partial charge in [0.25, 0.3) is 0 Å². The third kappa shape index (κ3) is 1.61. The maximum atomic E-state index is 8.97. The molecule has 2 bridgehead atoms. The molecule has 1 spiro atoms. The molecule has 2 saturated heterocycles. The number of aliphatic hydroxyl groups is 1. The molecule has 0 amide bonds. The summed E-state index contributed by atoms with van der Waals surface area (Å²) in [6.07, 6.45) is 8.76. The third-order valence-corrected chi connectivity index (χ3v) is 4.25. The van der Waals surface area contributed by atoms with Crippen LogP contribution in [0.3, 0.4) is 0 Å². The molecule has 2 aliphatic heterocycles. The maximum Gasteiger partial charge on any atom is 0.0971 e. The zero-order valence-corrected chi connectivity index (χ0v) is 9.15. The van der Waals surface area contributed by atoms with Crippen molar-refractivity contribution < 1.29 is 14.6 Å². The number of aliphatic hydroxyl groups excluding tert-OH is 1. The van der Waals surface area contributed by atoms with Gasteiger partial charge in [-0.3, -0.25) is 0 Å². The van der Waals surface area contributed by atoms with Crippen LogP contribution in [0.4, 0.5) is 0 Å². The van der Waals surface area contributed by atoms with E-state index in [4.69, 9.17) is 14.6 Å². The Kier molecular flexibility index (Phi) is 2.49. The molecule has 3 rings (SSSR count). The van der Waals surface area contributed by atoms with Crippen LogP contribution in [0.25, 0.3) is 0 Å². The van der Waals surface area contributed by atoms with E-state index in [-0.39, 0.29) is 18.3 Å². The third-order valence-electron chi connectivity index (χ3n) is 4.25. The van der Waals surface area contributed by atoms with Crippen molar-refractivity contribution in [2.24, 2.45) is 0 Å². The fourth-order valence-corrected chi connectivity index (χ4v) is 3.57. The average Bonchev–Trinajstić information content (AvgIpc) is 2.48. The van der Waals surface area contributed by atoms with Crippen molar-refractivity contribution >= 4 is 0 Å². The molecule has 0 radical (unpaired) electrons. The summed E-state index contributed by atoms with van der Waals surface area (Å²) in [7, 11) is 0. The van der Waals surface area contributed by atoms with Gasteiger partial charge >= 0.3 is 0 Å². The predicted octanol–water partition coefficient (Wildman–Crippen LogP) is 1.63. The van der Waals surface area contributed by atoms with Gasteiger partial charge in [-0.05, 0) is 38.5 Å². The van der Waals surface area contributed by atoms with Crippen LogP contribution in [0.1, 0.15) is 44.9 Å². The zero-order valence-electron chi connectivity index (χ0n) is 9.15. The van der Waals surface area contributed by atoms with Gasteiger partial charge in [0.15, 0.2) is 0 Å². The molecule has 0 aromatic carbocycles. The first-order chi connectivity index (χ1) is 7.32. The van der Waals surface area contributed by atoms with E-state index in [9.17, 15) is 0 Å². The number of hydrogen-bond donors (Lipinski definition) is 1. The van der Waals surface area contributed by atoms with Gasteiger partial charge in [0.05, 0.1) is 23.9 Å². The minimum atomic E-state index is 0.0288. The summed E-state index contributed by atoms with van der Waals surface area (Å²) in [5.41, 5.74) is 0.0288. The van der Waals surface area contributed by atoms with Crippen molar-refractivity contribution in [3.8, 4) is 0 Å². The fraction of sp³-hybridized carbons (Fsp3) is 1.00. The molecule has 2 heterocycles. The Bertz CT molecular complexity index is 243. The molecule has 0 aromatic heterocycles. The number of fused-ring (bicyclic) bond motifs is 1. The van der Waals surface area contributed by atoms with Crippen molar-refractivity contribution in [1.29, 1.82) is 0 Å². The molecule has 2 unspecified atom stereocenters. The van der Waals surface area contributed by atoms with Crippen LogP contribution in [0, 0.1) is 0 Å². The fourth-order valence-electron chi connectivity index (χ4n) is 3.57. The number of hydrogen-bond acceptors (Lipinski definition) is 3. The summed E-state index contributed by atoms with van der Waals surface area (Å²) in [6, 6.07) is 0. The van der Waals surface area contributed by atoms with Crippen LogP contribution in [0.15, 0.2) is 0 Å². The van der Waals surface area contributed by atoms with E-state index in [1.165, 1.54) is 12.8 Å². The van der Waals surface area contributed by atoms with Crippen LogP contribution < -0.4 is 0 Å². The molecule has 3 nitrogen and oxygen atoms in total. The predicted molar refractivity (Wildman–Crippen MR) is 55.7 cm³/mol. The van der Waals surface area contributed by atoms with E-state index in [1.807, 2.05) is 0 Å². The Hall–Kier alpha value is -0.120. The SMILES string of the molecule is OCCC1CC[C@@H]2O[C@H]3CCCC2(C3)O1. The average molecular weight is 212 g/mol. The van der Waals surface area contributed by atoms with Gasteiger partial charge in [0.2, 0.25) is 0 Å². The second kappa shape index (κ2) is 3.72. The van der Waals surface area contributed by atoms with Crippen LogP contribution >= 0.6 is 0 Å². The molecule has 3 heteroatoms. The normalized spacial score (nSPS) is 49.0. The molecular weight excluding hydrogens is 192 g/mol. The van der Waals surface area contributed by atoms with E-state index >= 15 is 0 Å². The summed E-state index contributed by atoms with van der Waals surface area (Å²) in [6.45, 7) is 0.246. The zero-order chi connectivity index (χ0) is 10.3. The Labute approximate surface area is 90.8 Å². The first kappa shape index (κ1) is 10.1. The monoisotopic (exact) mass is 212 g/mol. The molecule has 3 fully saturated rings. The lowest BCUT2D eigenvalue weighted by Gasteiger charge is -2.42. The van der Waals surface area contributed by atoms with Gasteiger partial charge in [0.1, 0.15) is 0 Å². The minimum Gasteiger partial charge on any atom is -0.396 e. The lowest BCUT2D eigenvalue weighted by Crippen LogP contribution is -2.49. The minimum absolute atomic E-state index is 0.0288. The van der Waals surface area contributed by atoms with Crippen molar-refractivity contribution in [2.45, 2.75) is 68.9 Å². The highest BCUT2D eigenvalue weighted by atomic mass is 16.6. The summed E-state index contributed by atoms with van der Waals surface area (Å²) in [5.74, 6) is 0. The van der Waals surface area contributed by atoms with E-state index in [0.29, 0.717) is 12.2 Å². The van der Waals surface area contributed by atoms with Crippen molar-refractivity contribution in [3.05, 3.63) is 0 Å². The molecule has 4 atom stereocenters. The van der Waals surface area contributed by atoms with Crippen LogP contribution in [-0.4, -0.2) is 35.6 Å². The van der Waals surface area contributed by atoms with Gasteiger partial charge < -0.3 is 14.6 Å². The number of rotatable bonds is 2. The van der Waals surface area contributed by atoms with E-state index in [2.05, 4.69) is 0 Å². The highest BCUT2D eigenvalue weighted by Crippen LogP contribution is 2.49. The van der Waals surface area contributed by atoms with Crippen molar-refractivity contribution in [1.82, 2.24) is 0 Å². The molecule has 3 aliphatic rings. The Balaban J connectivity index is 1.74. The maximum absolute atomic E-state index is 8.97. The second-order valence-corrected chi connectivity index (χ2v) is 5.24. The Morgan fingerprint density at radius 2 is 2.20 bits per heavy atom. The Morgan fingerprint density at radius 1 is 1.27 bits per heavy atom. The smallest absolute Gasteiger partial charge is 0.0971 e. The topological polar surface area (TPSA) is 38.7 Å². The summed E-state index contributed by atoms with van der Waals surface area (Å²) < 4.78 is 12.2. The van der Waals surface area contributed by atoms with Crippen molar-refractivity contribution in [3.63, 3.8) is 0 Å². The molecule has 15 heavy (non-hydrogen) atoms. The van der Waals surface area contributed by atoms with Crippen LogP contribution in [0.5, 0.6) is 0 Å². The molecule has 0 aromatic rings. The van der Waals surface area contributed by atoms with E-state index in [0.717, 1.165) is 32.1 Å². The highest BCUT2D eigenvalue weighted by Gasteiger charge is 2.54. The van der Waals surface area contributed by atoms with E-state index in [1.54, 1.807) is 0 Å². The molecule has 1 aliphatic carbocycles. The van der Waals surface area contributed by atoms with Crippen LogP contribution in [-0.2, 0) is 9.47 Å². The van der Waals surface area contributed by atoms with Gasteiger partial charge in [-0.15, -0.1) is 0 Å². The largest absolute Gasteiger partial charge is 0.396 e. The van der Waals surface area contributed by atoms with Crippen molar-refractivity contribution in [2.75, 3.05) is 6.61 Å². The number of ether oxygens (including phenoxy) is 2. The lowest BCUT2D eigenvalue weighted by atomic mass is 9.78. The van der Waals surface area contributed by atoms with Gasteiger partial charge in [-0.2, -0.15) is 0 Å². The first-order valence-electron chi connectivity index (χ1n) is 6.26. The molecule has 1 saturated carbocycles. The molecular formula is C12H20O3. The standard InChI is InChI=1S/C12H20O3/c13-7-5-9-3-4-11-12(15-9)6-1-2-10(8-12)14-11/h9-11,13H,1-8H2/t9?,10-,11-,12?/m0/s1. The summed E-state index contributed by atoms with van der Waals surface area (Å²) in [4.78, 5) is 0. The first-order valence-corrected chi connectivity index (χ1v) is 6.26. The molecule has 86 valence electrons. The summed E-state index contributed by atoms with van der Waals surface area (Å²) in [5, 5.41) is 8.97. The molecule has 1 N–H and O–H groups in total. The Morgan fingerprint density at radius 3 is 3.07 bits per heavy atom. The quantitative estimate of drug-likeness (QED) is 0.756. The van der Waals surface area contributed by atoms with Gasteiger partial charge in [-0.25, -0.2) is 0 Å².